The zero-order valence-corrected chi connectivity index (χ0v) is 14.8. The summed E-state index contributed by atoms with van der Waals surface area (Å²) in [6.45, 7) is 4.83. The van der Waals surface area contributed by atoms with Gasteiger partial charge in [-0.15, -0.1) is 0 Å². The Balaban J connectivity index is 1.92. The van der Waals surface area contributed by atoms with Crippen molar-refractivity contribution < 1.29 is 32.0 Å². The van der Waals surface area contributed by atoms with Crippen LogP contribution in [0.25, 0.3) is 0 Å². The maximum absolute atomic E-state index is 14.2. The van der Waals surface area contributed by atoms with E-state index in [0.29, 0.717) is 18.0 Å². The van der Waals surface area contributed by atoms with Gasteiger partial charge in [0.2, 0.25) is 0 Å². The van der Waals surface area contributed by atoms with E-state index in [4.69, 9.17) is 14.0 Å². The minimum Gasteiger partial charge on any atom is -0.494 e. The molecule has 2 fully saturated rings. The highest BCUT2D eigenvalue weighted by Gasteiger charge is 2.52. The van der Waals surface area contributed by atoms with Crippen LogP contribution in [0.3, 0.4) is 0 Å². The van der Waals surface area contributed by atoms with Crippen LogP contribution < -0.4 is 14.9 Å². The predicted molar refractivity (Wildman–Crippen MR) is 87.0 cm³/mol. The molecule has 0 amide bonds. The van der Waals surface area contributed by atoms with Crippen molar-refractivity contribution in [3.63, 3.8) is 0 Å². The first-order valence-corrected chi connectivity index (χ1v) is 8.36. The standard InChI is InChI=1S/C17H22BF3O4/c1-16(2)17(3,4)25-18(24-16)11-7-12(19)14(23-15(20)21)8-13(11)22-9-10-5-6-10/h7-8,10,15H,5-6,9H2,1-4H3. The van der Waals surface area contributed by atoms with Crippen molar-refractivity contribution in [1.29, 1.82) is 0 Å². The Labute approximate surface area is 145 Å². The van der Waals surface area contributed by atoms with Crippen molar-refractivity contribution in [2.45, 2.75) is 58.4 Å². The molecule has 138 valence electrons. The molecule has 1 heterocycles. The molecule has 1 saturated carbocycles. The zero-order chi connectivity index (χ0) is 18.4. The minimum atomic E-state index is -3.12. The van der Waals surface area contributed by atoms with Gasteiger partial charge in [-0.1, -0.05) is 0 Å². The summed E-state index contributed by atoms with van der Waals surface area (Å²) in [4.78, 5) is 0. The molecule has 0 radical (unpaired) electrons. The van der Waals surface area contributed by atoms with Gasteiger partial charge in [-0.25, -0.2) is 4.39 Å². The summed E-state index contributed by atoms with van der Waals surface area (Å²) in [5.74, 6) is -0.789. The van der Waals surface area contributed by atoms with Gasteiger partial charge >= 0.3 is 13.7 Å². The van der Waals surface area contributed by atoms with Crippen LogP contribution in [-0.2, 0) is 9.31 Å². The average Bonchev–Trinajstić information content (AvgIpc) is 3.26. The summed E-state index contributed by atoms with van der Waals surface area (Å²) in [6.07, 6.45) is 2.13. The lowest BCUT2D eigenvalue weighted by atomic mass is 9.78. The zero-order valence-electron chi connectivity index (χ0n) is 14.8. The molecule has 8 heteroatoms. The van der Waals surface area contributed by atoms with E-state index in [1.807, 2.05) is 27.7 Å². The molecule has 0 N–H and O–H groups in total. The van der Waals surface area contributed by atoms with Gasteiger partial charge in [0.1, 0.15) is 5.75 Å². The van der Waals surface area contributed by atoms with Crippen molar-refractivity contribution in [3.05, 3.63) is 17.9 Å². The summed E-state index contributed by atoms with van der Waals surface area (Å²) in [6, 6.07) is 2.23. The monoisotopic (exact) mass is 358 g/mol. The first-order chi connectivity index (χ1) is 11.6. The van der Waals surface area contributed by atoms with Crippen LogP contribution in [-0.4, -0.2) is 31.5 Å². The lowest BCUT2D eigenvalue weighted by Crippen LogP contribution is -2.41. The van der Waals surface area contributed by atoms with E-state index in [1.165, 1.54) is 0 Å². The Morgan fingerprint density at radius 3 is 2.24 bits per heavy atom. The Bertz CT molecular complexity index is 631. The van der Waals surface area contributed by atoms with Gasteiger partial charge in [-0.2, -0.15) is 8.78 Å². The number of hydrogen-bond donors (Lipinski definition) is 0. The SMILES string of the molecule is CC1(C)OB(c2cc(F)c(OC(F)F)cc2OCC2CC2)OC1(C)C. The number of benzene rings is 1. The fourth-order valence-corrected chi connectivity index (χ4v) is 2.51. The maximum atomic E-state index is 14.2. The van der Waals surface area contributed by atoms with E-state index in [0.717, 1.165) is 25.0 Å². The van der Waals surface area contributed by atoms with Gasteiger partial charge in [0.25, 0.3) is 0 Å². The van der Waals surface area contributed by atoms with E-state index in [2.05, 4.69) is 4.74 Å². The van der Waals surface area contributed by atoms with Gasteiger partial charge in [0.15, 0.2) is 11.6 Å². The molecular formula is C17H22BF3O4. The minimum absolute atomic E-state index is 0.238. The summed E-state index contributed by atoms with van der Waals surface area (Å²) >= 11 is 0. The van der Waals surface area contributed by atoms with E-state index in [9.17, 15) is 13.2 Å². The van der Waals surface area contributed by atoms with Crippen molar-refractivity contribution >= 4 is 12.6 Å². The Morgan fingerprint density at radius 2 is 1.72 bits per heavy atom. The Morgan fingerprint density at radius 1 is 1.12 bits per heavy atom. The molecule has 2 aliphatic rings. The van der Waals surface area contributed by atoms with Crippen LogP contribution in [0.2, 0.25) is 0 Å². The first kappa shape index (κ1) is 18.4. The van der Waals surface area contributed by atoms with Crippen LogP contribution in [0, 0.1) is 11.7 Å². The summed E-state index contributed by atoms with van der Waals surface area (Å²) < 4.78 is 61.0. The van der Waals surface area contributed by atoms with Gasteiger partial charge in [0.05, 0.1) is 17.8 Å². The number of ether oxygens (including phenoxy) is 2. The molecule has 3 rings (SSSR count). The van der Waals surface area contributed by atoms with Crippen LogP contribution >= 0.6 is 0 Å². The topological polar surface area (TPSA) is 36.9 Å². The molecule has 25 heavy (non-hydrogen) atoms. The third kappa shape index (κ3) is 3.90. The Kier molecular flexibility index (Phi) is 4.70. The number of halogens is 3. The van der Waals surface area contributed by atoms with Crippen LogP contribution in [0.15, 0.2) is 12.1 Å². The quantitative estimate of drug-likeness (QED) is 0.730. The molecule has 0 unspecified atom stereocenters. The Hall–Kier alpha value is -1.41. The molecule has 0 atom stereocenters. The van der Waals surface area contributed by atoms with Crippen molar-refractivity contribution in [2.75, 3.05) is 6.61 Å². The second-order valence-electron chi connectivity index (χ2n) is 7.54. The summed E-state index contributed by atoms with van der Waals surface area (Å²) in [7, 11) is -0.852. The molecule has 1 aromatic rings. The van der Waals surface area contributed by atoms with Gasteiger partial charge in [-0.05, 0) is 52.5 Å². The lowest BCUT2D eigenvalue weighted by Gasteiger charge is -2.32. The third-order valence-electron chi connectivity index (χ3n) is 4.96. The van der Waals surface area contributed by atoms with Crippen molar-refractivity contribution in [3.8, 4) is 11.5 Å². The molecule has 0 bridgehead atoms. The highest BCUT2D eigenvalue weighted by molar-refractivity contribution is 6.63. The molecule has 4 nitrogen and oxygen atoms in total. The smallest absolute Gasteiger partial charge is 0.494 e. The van der Waals surface area contributed by atoms with Crippen molar-refractivity contribution in [1.82, 2.24) is 0 Å². The lowest BCUT2D eigenvalue weighted by molar-refractivity contribution is -0.0522. The first-order valence-electron chi connectivity index (χ1n) is 8.36. The second-order valence-corrected chi connectivity index (χ2v) is 7.54. The third-order valence-corrected chi connectivity index (χ3v) is 4.96. The van der Waals surface area contributed by atoms with Crippen LogP contribution in [0.4, 0.5) is 13.2 Å². The van der Waals surface area contributed by atoms with Crippen LogP contribution in [0.1, 0.15) is 40.5 Å². The number of hydrogen-bond acceptors (Lipinski definition) is 4. The van der Waals surface area contributed by atoms with E-state index < -0.39 is 36.5 Å². The maximum Gasteiger partial charge on any atom is 0.498 e. The number of alkyl halides is 2. The highest BCUT2D eigenvalue weighted by Crippen LogP contribution is 2.38. The van der Waals surface area contributed by atoms with E-state index >= 15 is 0 Å². The average molecular weight is 358 g/mol. The van der Waals surface area contributed by atoms with Gasteiger partial charge in [-0.3, -0.25) is 0 Å². The van der Waals surface area contributed by atoms with E-state index in [1.54, 1.807) is 0 Å². The molecule has 0 spiro atoms. The van der Waals surface area contributed by atoms with E-state index in [-0.39, 0.29) is 5.75 Å². The normalized spacial score (nSPS) is 21.7. The summed E-state index contributed by atoms with van der Waals surface area (Å²) in [5, 5.41) is 0. The molecule has 1 saturated heterocycles. The predicted octanol–water partition coefficient (Wildman–Crippen LogP) is 3.52. The van der Waals surface area contributed by atoms with Crippen LogP contribution in [0.5, 0.6) is 11.5 Å². The van der Waals surface area contributed by atoms with Crippen molar-refractivity contribution in [2.24, 2.45) is 5.92 Å². The number of rotatable bonds is 6. The summed E-state index contributed by atoms with van der Waals surface area (Å²) in [5.41, 5.74) is -0.890. The van der Waals surface area contributed by atoms with Gasteiger partial charge < -0.3 is 18.8 Å². The molecule has 1 aliphatic heterocycles. The molecule has 0 aromatic heterocycles. The molecule has 1 aliphatic carbocycles. The fraction of sp³-hybridized carbons (Fsp3) is 0.647. The highest BCUT2D eigenvalue weighted by atomic mass is 19.3. The molecular weight excluding hydrogens is 336 g/mol. The fourth-order valence-electron chi connectivity index (χ4n) is 2.51. The largest absolute Gasteiger partial charge is 0.498 e. The second kappa shape index (κ2) is 6.39. The van der Waals surface area contributed by atoms with Gasteiger partial charge in [0, 0.05) is 11.5 Å². The molecule has 1 aromatic carbocycles.